The van der Waals surface area contributed by atoms with Gasteiger partial charge >= 0.3 is 23.9 Å². The second-order valence-corrected chi connectivity index (χ2v) is 15.0. The van der Waals surface area contributed by atoms with E-state index in [1.807, 2.05) is 67.6 Å². The average Bonchev–Trinajstić information content (AvgIpc) is 3.25. The zero-order chi connectivity index (χ0) is 42.7. The van der Waals surface area contributed by atoms with Gasteiger partial charge in [-0.25, -0.2) is 14.4 Å². The third kappa shape index (κ3) is 14.8. The molecule has 10 nitrogen and oxygen atoms in total. The molecule has 1 fully saturated rings. The molecular formula is C50H56N2O8. The summed E-state index contributed by atoms with van der Waals surface area (Å²) in [6.07, 6.45) is 10.3. The van der Waals surface area contributed by atoms with Crippen molar-refractivity contribution in [1.82, 2.24) is 4.90 Å². The number of anilines is 1. The molecule has 10 heteroatoms. The van der Waals surface area contributed by atoms with Crippen LogP contribution in [0.3, 0.4) is 0 Å². The number of esters is 4. The van der Waals surface area contributed by atoms with E-state index in [0.29, 0.717) is 33.9 Å². The Hall–Kier alpha value is -6.26. The highest BCUT2D eigenvalue weighted by Gasteiger charge is 2.16. The molecule has 0 radical (unpaired) electrons. The van der Waals surface area contributed by atoms with Crippen molar-refractivity contribution >= 4 is 29.6 Å². The zero-order valence-corrected chi connectivity index (χ0v) is 35.2. The van der Waals surface area contributed by atoms with Gasteiger partial charge in [-0.2, -0.15) is 0 Å². The predicted octanol–water partition coefficient (Wildman–Crippen LogP) is 10.3. The monoisotopic (exact) mass is 812 g/mol. The van der Waals surface area contributed by atoms with Gasteiger partial charge in [-0.15, -0.1) is 0 Å². The first-order valence-electron chi connectivity index (χ1n) is 20.8. The van der Waals surface area contributed by atoms with E-state index in [0.717, 1.165) is 43.9 Å². The van der Waals surface area contributed by atoms with E-state index in [2.05, 4.69) is 23.8 Å². The summed E-state index contributed by atoms with van der Waals surface area (Å²) in [6.45, 7) is 9.52. The Kier molecular flexibility index (Phi) is 17.5. The Bertz CT molecular complexity index is 2110. The van der Waals surface area contributed by atoms with Crippen molar-refractivity contribution in [2.45, 2.75) is 72.1 Å². The minimum Gasteiger partial charge on any atom is -0.427 e. The lowest BCUT2D eigenvalue weighted by atomic mass is 10.0. The van der Waals surface area contributed by atoms with Gasteiger partial charge in [0.05, 0.1) is 16.7 Å². The standard InChI is InChI=1S/C27H26N2O6.C23H30O2/c1-19(30)33-23-9-3-20(4-10-23)26(31)34-24-11-5-21(6-12-24)27(32)35-25-13-7-22(8-14-25)29-17-15-28(2)16-18-29;1-3-4-5-6-7-8-9-10-20-13-15-21(16-14-20)23(24)25-22-17-11-19(2)12-18-22/h3-14H,15-18H2,1-2H3;11-18H,3-10H2,1-2H3. The Balaban J connectivity index is 0.000000241. The van der Waals surface area contributed by atoms with Gasteiger partial charge in [-0.05, 0) is 129 Å². The molecule has 0 spiro atoms. The van der Waals surface area contributed by atoms with E-state index < -0.39 is 17.9 Å². The lowest BCUT2D eigenvalue weighted by molar-refractivity contribution is -0.131. The Morgan fingerprint density at radius 2 is 0.867 bits per heavy atom. The second-order valence-electron chi connectivity index (χ2n) is 15.0. The number of piperazine rings is 1. The molecule has 5 aromatic rings. The molecule has 1 aliphatic rings. The van der Waals surface area contributed by atoms with Crippen LogP contribution in [0.25, 0.3) is 0 Å². The average molecular weight is 813 g/mol. The van der Waals surface area contributed by atoms with Crippen molar-refractivity contribution in [3.8, 4) is 23.0 Å². The van der Waals surface area contributed by atoms with Crippen LogP contribution in [-0.2, 0) is 11.2 Å². The maximum absolute atomic E-state index is 12.5. The highest BCUT2D eigenvalue weighted by Crippen LogP contribution is 2.23. The van der Waals surface area contributed by atoms with Crippen molar-refractivity contribution in [3.63, 3.8) is 0 Å². The number of nitrogens with zero attached hydrogens (tertiary/aromatic N) is 2. The van der Waals surface area contributed by atoms with E-state index in [-0.39, 0.29) is 11.7 Å². The number of hydrogen-bond acceptors (Lipinski definition) is 10. The number of carbonyl (C=O) groups excluding carboxylic acids is 4. The molecule has 60 heavy (non-hydrogen) atoms. The van der Waals surface area contributed by atoms with Crippen LogP contribution in [0.1, 0.15) is 101 Å². The second kappa shape index (κ2) is 23.4. The van der Waals surface area contributed by atoms with E-state index in [4.69, 9.17) is 18.9 Å². The fourth-order valence-corrected chi connectivity index (χ4v) is 6.47. The minimum atomic E-state index is -0.574. The molecule has 0 N–H and O–H groups in total. The number of benzene rings is 5. The number of likely N-dealkylation sites (N-methyl/N-ethyl adjacent to an activating group) is 1. The van der Waals surface area contributed by atoms with Crippen molar-refractivity contribution in [2.75, 3.05) is 38.1 Å². The van der Waals surface area contributed by atoms with Crippen LogP contribution in [0.2, 0.25) is 0 Å². The highest BCUT2D eigenvalue weighted by atomic mass is 16.5. The number of ether oxygens (including phenoxy) is 4. The third-order valence-electron chi connectivity index (χ3n) is 10.1. The number of hydrogen-bond donors (Lipinski definition) is 0. The maximum Gasteiger partial charge on any atom is 0.343 e. The molecule has 6 rings (SSSR count). The van der Waals surface area contributed by atoms with Gasteiger partial charge in [-0.3, -0.25) is 4.79 Å². The molecule has 0 amide bonds. The predicted molar refractivity (Wildman–Crippen MR) is 235 cm³/mol. The Labute approximate surface area is 354 Å². The first-order valence-corrected chi connectivity index (χ1v) is 20.8. The smallest absolute Gasteiger partial charge is 0.343 e. The van der Waals surface area contributed by atoms with Crippen molar-refractivity contribution in [2.24, 2.45) is 0 Å². The quantitative estimate of drug-likeness (QED) is 0.0542. The number of carbonyl (C=O) groups is 4. The van der Waals surface area contributed by atoms with Crippen LogP contribution in [0, 0.1) is 6.92 Å². The highest BCUT2D eigenvalue weighted by molar-refractivity contribution is 5.93. The minimum absolute atomic E-state index is 0.284. The summed E-state index contributed by atoms with van der Waals surface area (Å²) in [5.74, 6) is -0.152. The van der Waals surface area contributed by atoms with Crippen LogP contribution in [-0.4, -0.2) is 62.0 Å². The van der Waals surface area contributed by atoms with E-state index >= 15 is 0 Å². The third-order valence-corrected chi connectivity index (χ3v) is 10.1. The molecule has 5 aromatic carbocycles. The Morgan fingerprint density at radius 1 is 0.483 bits per heavy atom. The Morgan fingerprint density at radius 3 is 1.32 bits per heavy atom. The van der Waals surface area contributed by atoms with Gasteiger partial charge in [0.1, 0.15) is 23.0 Å². The number of unbranched alkanes of at least 4 members (excludes halogenated alkanes) is 6. The van der Waals surface area contributed by atoms with Crippen LogP contribution in [0.5, 0.6) is 23.0 Å². The summed E-state index contributed by atoms with van der Waals surface area (Å²) < 4.78 is 21.2. The normalized spacial score (nSPS) is 12.4. The SMILES string of the molecule is CC(=O)Oc1ccc(C(=O)Oc2ccc(C(=O)Oc3ccc(N4CCN(C)CC4)cc3)cc2)cc1.CCCCCCCCCc1ccc(C(=O)Oc2ccc(C)cc2)cc1. The van der Waals surface area contributed by atoms with Gasteiger partial charge in [0.15, 0.2) is 0 Å². The maximum atomic E-state index is 12.5. The summed E-state index contributed by atoms with van der Waals surface area (Å²) >= 11 is 0. The molecule has 314 valence electrons. The lowest BCUT2D eigenvalue weighted by Crippen LogP contribution is -2.44. The molecule has 0 saturated carbocycles. The molecule has 0 aliphatic carbocycles. The molecule has 0 aromatic heterocycles. The van der Waals surface area contributed by atoms with Crippen molar-refractivity contribution in [1.29, 1.82) is 0 Å². The van der Waals surface area contributed by atoms with E-state index in [1.165, 1.54) is 106 Å². The molecular weight excluding hydrogens is 757 g/mol. The molecule has 0 atom stereocenters. The van der Waals surface area contributed by atoms with Crippen molar-refractivity contribution in [3.05, 3.63) is 149 Å². The first-order chi connectivity index (χ1) is 29.1. The van der Waals surface area contributed by atoms with Crippen LogP contribution < -0.4 is 23.8 Å². The summed E-state index contributed by atoms with van der Waals surface area (Å²) in [6, 6.07) is 35.0. The summed E-state index contributed by atoms with van der Waals surface area (Å²) in [7, 11) is 2.11. The van der Waals surface area contributed by atoms with Gasteiger partial charge in [0.25, 0.3) is 0 Å². The van der Waals surface area contributed by atoms with Crippen LogP contribution in [0.4, 0.5) is 5.69 Å². The molecule has 1 saturated heterocycles. The van der Waals surface area contributed by atoms with Crippen LogP contribution >= 0.6 is 0 Å². The summed E-state index contributed by atoms with van der Waals surface area (Å²) in [4.78, 5) is 52.6. The topological polar surface area (TPSA) is 112 Å². The van der Waals surface area contributed by atoms with E-state index in [9.17, 15) is 19.2 Å². The fourth-order valence-electron chi connectivity index (χ4n) is 6.47. The summed E-state index contributed by atoms with van der Waals surface area (Å²) in [5, 5.41) is 0. The van der Waals surface area contributed by atoms with Crippen LogP contribution in [0.15, 0.2) is 121 Å². The molecule has 0 bridgehead atoms. The van der Waals surface area contributed by atoms with Gasteiger partial charge in [0.2, 0.25) is 0 Å². The number of rotatable bonds is 16. The first kappa shape index (κ1) is 44.8. The van der Waals surface area contributed by atoms with Gasteiger partial charge < -0.3 is 28.7 Å². The molecule has 1 aliphatic heterocycles. The van der Waals surface area contributed by atoms with Gasteiger partial charge in [0, 0.05) is 38.8 Å². The lowest BCUT2D eigenvalue weighted by Gasteiger charge is -2.34. The molecule has 0 unspecified atom stereocenters. The summed E-state index contributed by atoms with van der Waals surface area (Å²) in [5.41, 5.74) is 4.77. The zero-order valence-electron chi connectivity index (χ0n) is 35.2. The van der Waals surface area contributed by atoms with Crippen molar-refractivity contribution < 1.29 is 38.1 Å². The van der Waals surface area contributed by atoms with E-state index in [1.54, 1.807) is 12.1 Å². The largest absolute Gasteiger partial charge is 0.427 e. The fraction of sp³-hybridized carbons (Fsp3) is 0.320. The molecule has 1 heterocycles. The number of aryl methyl sites for hydroxylation is 2. The van der Waals surface area contributed by atoms with Gasteiger partial charge in [-0.1, -0.05) is 75.3 Å².